The first-order valence-electron chi connectivity index (χ1n) is 6.47. The van der Waals surface area contributed by atoms with Crippen molar-refractivity contribution in [1.29, 1.82) is 0 Å². The van der Waals surface area contributed by atoms with Crippen LogP contribution in [0.4, 0.5) is 10.2 Å². The number of nitrogens with two attached hydrogens (primary N) is 1. The van der Waals surface area contributed by atoms with Gasteiger partial charge in [0.25, 0.3) is 0 Å². The molecule has 3 rings (SSSR count). The number of benzene rings is 1. The van der Waals surface area contributed by atoms with Crippen LogP contribution in [-0.2, 0) is 5.41 Å². The highest BCUT2D eigenvalue weighted by atomic mass is 35.5. The molecule has 5 nitrogen and oxygen atoms in total. The summed E-state index contributed by atoms with van der Waals surface area (Å²) in [6.07, 6.45) is 0. The Morgan fingerprint density at radius 2 is 2.00 bits per heavy atom. The normalized spacial score (nSPS) is 12.2. The molecule has 0 atom stereocenters. The second-order valence-electron chi connectivity index (χ2n) is 5.99. The number of nitrogens with one attached hydrogen (secondary N) is 2. The van der Waals surface area contributed by atoms with Crippen LogP contribution >= 0.6 is 11.6 Å². The summed E-state index contributed by atoms with van der Waals surface area (Å²) in [6.45, 7) is 6.06. The molecule has 1 aromatic carbocycles. The zero-order valence-electron chi connectivity index (χ0n) is 11.9. The SMILES string of the molecule is CC(C)(C)c1nc(-c2cc(F)c3c(N)n[nH]c3c2)c(Cl)[nH]1. The standard InChI is InChI=1S/C14H15ClFN5/c1-14(2,3)13-18-10(11(15)19-13)6-4-7(16)9-8(5-6)20-21-12(9)17/h4-5H,1-3H3,(H,18,19)(H3,17,20,21). The molecule has 2 heterocycles. The Hall–Kier alpha value is -2.08. The number of aromatic amines is 2. The number of rotatable bonds is 1. The van der Waals surface area contributed by atoms with Crippen LogP contribution in [0.5, 0.6) is 0 Å². The average Bonchev–Trinajstić information content (AvgIpc) is 2.93. The van der Waals surface area contributed by atoms with E-state index in [1.165, 1.54) is 6.07 Å². The van der Waals surface area contributed by atoms with E-state index < -0.39 is 5.82 Å². The summed E-state index contributed by atoms with van der Waals surface area (Å²) in [6, 6.07) is 3.10. The van der Waals surface area contributed by atoms with E-state index in [1.807, 2.05) is 20.8 Å². The summed E-state index contributed by atoms with van der Waals surface area (Å²) < 4.78 is 14.2. The molecule has 0 bridgehead atoms. The monoisotopic (exact) mass is 307 g/mol. The van der Waals surface area contributed by atoms with Gasteiger partial charge >= 0.3 is 0 Å². The van der Waals surface area contributed by atoms with Gasteiger partial charge in [0.2, 0.25) is 0 Å². The first-order valence-corrected chi connectivity index (χ1v) is 6.84. The molecule has 4 N–H and O–H groups in total. The number of nitrogen functional groups attached to an aromatic ring is 1. The van der Waals surface area contributed by atoms with E-state index in [1.54, 1.807) is 6.07 Å². The molecule has 0 unspecified atom stereocenters. The minimum absolute atomic E-state index is 0.137. The number of H-pyrrole nitrogens is 2. The molecule has 0 fully saturated rings. The molecule has 0 aliphatic carbocycles. The Labute approximate surface area is 125 Å². The number of nitrogens with zero attached hydrogens (tertiary/aromatic N) is 2. The lowest BCUT2D eigenvalue weighted by molar-refractivity contribution is 0.553. The largest absolute Gasteiger partial charge is 0.382 e. The fourth-order valence-corrected chi connectivity index (χ4v) is 2.41. The third-order valence-electron chi connectivity index (χ3n) is 3.29. The van der Waals surface area contributed by atoms with E-state index in [-0.39, 0.29) is 16.6 Å². The molecular weight excluding hydrogens is 293 g/mol. The van der Waals surface area contributed by atoms with Crippen LogP contribution < -0.4 is 5.73 Å². The van der Waals surface area contributed by atoms with Crippen LogP contribution in [0.3, 0.4) is 0 Å². The second-order valence-corrected chi connectivity index (χ2v) is 6.37. The van der Waals surface area contributed by atoms with E-state index in [2.05, 4.69) is 20.2 Å². The Morgan fingerprint density at radius 3 is 2.62 bits per heavy atom. The average molecular weight is 308 g/mol. The summed E-state index contributed by atoms with van der Waals surface area (Å²) in [7, 11) is 0. The van der Waals surface area contributed by atoms with Crippen molar-refractivity contribution in [3.8, 4) is 11.3 Å². The van der Waals surface area contributed by atoms with Crippen LogP contribution in [0.25, 0.3) is 22.2 Å². The number of hydrogen-bond donors (Lipinski definition) is 3. The third kappa shape index (κ3) is 2.25. The zero-order chi connectivity index (χ0) is 15.4. The van der Waals surface area contributed by atoms with Crippen LogP contribution in [-0.4, -0.2) is 20.2 Å². The Balaban J connectivity index is 2.19. The van der Waals surface area contributed by atoms with Gasteiger partial charge in [-0.2, -0.15) is 5.10 Å². The van der Waals surface area contributed by atoms with Gasteiger partial charge in [-0.25, -0.2) is 9.37 Å². The predicted molar refractivity (Wildman–Crippen MR) is 81.8 cm³/mol. The van der Waals surface area contributed by atoms with Gasteiger partial charge in [-0.05, 0) is 12.1 Å². The van der Waals surface area contributed by atoms with Gasteiger partial charge < -0.3 is 10.7 Å². The van der Waals surface area contributed by atoms with Crippen molar-refractivity contribution in [2.75, 3.05) is 5.73 Å². The summed E-state index contributed by atoms with van der Waals surface area (Å²) in [4.78, 5) is 7.52. The Bertz CT molecular complexity index is 828. The van der Waals surface area contributed by atoms with E-state index in [9.17, 15) is 4.39 Å². The maximum absolute atomic E-state index is 14.2. The maximum Gasteiger partial charge on any atom is 0.156 e. The van der Waals surface area contributed by atoms with Crippen molar-refractivity contribution in [3.05, 3.63) is 28.9 Å². The molecular formula is C14H15ClFN5. The first kappa shape index (κ1) is 13.9. The van der Waals surface area contributed by atoms with Crippen molar-refractivity contribution in [2.45, 2.75) is 26.2 Å². The molecule has 0 spiro atoms. The van der Waals surface area contributed by atoms with Crippen LogP contribution in [0.15, 0.2) is 12.1 Å². The molecule has 21 heavy (non-hydrogen) atoms. The van der Waals surface area contributed by atoms with Crippen molar-refractivity contribution in [1.82, 2.24) is 20.2 Å². The van der Waals surface area contributed by atoms with Crippen LogP contribution in [0, 0.1) is 5.82 Å². The molecule has 2 aromatic heterocycles. The van der Waals surface area contributed by atoms with Gasteiger partial charge in [0.05, 0.1) is 10.9 Å². The fraction of sp³-hybridized carbons (Fsp3) is 0.286. The molecule has 3 aromatic rings. The highest BCUT2D eigenvalue weighted by molar-refractivity contribution is 6.32. The second kappa shape index (κ2) is 4.46. The van der Waals surface area contributed by atoms with Gasteiger partial charge in [-0.3, -0.25) is 5.10 Å². The molecule has 0 saturated heterocycles. The quantitative estimate of drug-likeness (QED) is 0.642. The number of halogens is 2. The van der Waals surface area contributed by atoms with Gasteiger partial charge in [0.1, 0.15) is 22.5 Å². The van der Waals surface area contributed by atoms with E-state index in [4.69, 9.17) is 17.3 Å². The number of fused-ring (bicyclic) bond motifs is 1. The van der Waals surface area contributed by atoms with Gasteiger partial charge in [-0.15, -0.1) is 0 Å². The van der Waals surface area contributed by atoms with Crippen molar-refractivity contribution >= 4 is 28.3 Å². The summed E-state index contributed by atoms with van der Waals surface area (Å²) in [5.74, 6) is 0.426. The first-order chi connectivity index (χ1) is 9.77. The molecule has 0 aliphatic rings. The lowest BCUT2D eigenvalue weighted by atomic mass is 9.96. The summed E-state index contributed by atoms with van der Waals surface area (Å²) in [5, 5.41) is 7.17. The van der Waals surface area contributed by atoms with E-state index in [0.717, 1.165) is 5.82 Å². The van der Waals surface area contributed by atoms with E-state index >= 15 is 0 Å². The number of aromatic nitrogens is 4. The summed E-state index contributed by atoms with van der Waals surface area (Å²) >= 11 is 6.20. The highest BCUT2D eigenvalue weighted by Crippen LogP contribution is 2.33. The third-order valence-corrected chi connectivity index (χ3v) is 3.56. The van der Waals surface area contributed by atoms with E-state index in [0.29, 0.717) is 21.9 Å². The minimum atomic E-state index is -0.454. The van der Waals surface area contributed by atoms with Crippen LogP contribution in [0.1, 0.15) is 26.6 Å². The molecule has 7 heteroatoms. The van der Waals surface area contributed by atoms with Crippen molar-refractivity contribution in [3.63, 3.8) is 0 Å². The highest BCUT2D eigenvalue weighted by Gasteiger charge is 2.22. The number of hydrogen-bond acceptors (Lipinski definition) is 3. The number of imidazole rings is 1. The smallest absolute Gasteiger partial charge is 0.156 e. The van der Waals surface area contributed by atoms with Gasteiger partial charge in [0.15, 0.2) is 5.82 Å². The van der Waals surface area contributed by atoms with Crippen molar-refractivity contribution < 1.29 is 4.39 Å². The summed E-state index contributed by atoms with van der Waals surface area (Å²) in [5.41, 5.74) is 7.04. The minimum Gasteiger partial charge on any atom is -0.382 e. The molecule has 0 radical (unpaired) electrons. The Kier molecular flexibility index (Phi) is 2.95. The topological polar surface area (TPSA) is 83.4 Å². The lowest BCUT2D eigenvalue weighted by Gasteiger charge is -2.13. The van der Waals surface area contributed by atoms with Gasteiger partial charge in [-0.1, -0.05) is 32.4 Å². The van der Waals surface area contributed by atoms with Crippen molar-refractivity contribution in [2.24, 2.45) is 0 Å². The lowest BCUT2D eigenvalue weighted by Crippen LogP contribution is -2.13. The fourth-order valence-electron chi connectivity index (χ4n) is 2.17. The van der Waals surface area contributed by atoms with Gasteiger partial charge in [0, 0.05) is 11.0 Å². The predicted octanol–water partition coefficient (Wildman–Crippen LogP) is 3.63. The maximum atomic E-state index is 14.2. The molecule has 110 valence electrons. The molecule has 0 saturated carbocycles. The van der Waals surface area contributed by atoms with Crippen LogP contribution in [0.2, 0.25) is 5.15 Å². The molecule has 0 aliphatic heterocycles. The molecule has 0 amide bonds. The Morgan fingerprint density at radius 1 is 1.29 bits per heavy atom. The number of anilines is 1. The zero-order valence-corrected chi connectivity index (χ0v) is 12.6.